The van der Waals surface area contributed by atoms with Crippen LogP contribution in [0, 0.1) is 0 Å². The van der Waals surface area contributed by atoms with Crippen LogP contribution >= 0.6 is 0 Å². The molecule has 0 aromatic heterocycles. The normalized spacial score (nSPS) is 22.8. The standard InChI is InChI=1S/C40H56N10O8/c51-37-45(27-41-9-17-55-18-10-41)31-46(28-42-11-19-56-20-12-42)38(52)49(37)25-33-1-5-35(6-2-33)36-7-3-34(4-8-36)26-50-39(53)47(29-43-13-21-57-22-14-43)32-48(40(50)54)30-44-15-23-58-24-16-44/h1-8H,9-32H2. The third-order valence-electron chi connectivity index (χ3n) is 11.5. The van der Waals surface area contributed by atoms with Gasteiger partial charge in [-0.1, -0.05) is 48.5 Å². The summed E-state index contributed by atoms with van der Waals surface area (Å²) >= 11 is 0. The molecule has 0 aliphatic carbocycles. The largest absolute Gasteiger partial charge is 0.379 e. The van der Waals surface area contributed by atoms with Crippen molar-refractivity contribution in [1.29, 1.82) is 0 Å². The van der Waals surface area contributed by atoms with E-state index in [1.54, 1.807) is 19.6 Å². The van der Waals surface area contributed by atoms with E-state index >= 15 is 0 Å². The number of hydrogen-bond acceptors (Lipinski definition) is 12. The van der Waals surface area contributed by atoms with Crippen molar-refractivity contribution in [2.24, 2.45) is 0 Å². The molecule has 2 aromatic carbocycles. The molecule has 0 atom stereocenters. The van der Waals surface area contributed by atoms with Crippen molar-refractivity contribution in [3.05, 3.63) is 59.7 Å². The predicted molar refractivity (Wildman–Crippen MR) is 211 cm³/mol. The van der Waals surface area contributed by atoms with Crippen LogP contribution in [-0.2, 0) is 32.0 Å². The summed E-state index contributed by atoms with van der Waals surface area (Å²) in [7, 11) is 0. The summed E-state index contributed by atoms with van der Waals surface area (Å²) in [5, 5.41) is 0. The van der Waals surface area contributed by atoms with Crippen LogP contribution in [0.3, 0.4) is 0 Å². The Balaban J connectivity index is 0.923. The van der Waals surface area contributed by atoms with Crippen LogP contribution in [0.1, 0.15) is 11.1 Å². The molecule has 6 saturated heterocycles. The maximum absolute atomic E-state index is 13.8. The van der Waals surface area contributed by atoms with Crippen molar-refractivity contribution in [2.45, 2.75) is 13.1 Å². The van der Waals surface area contributed by atoms with E-state index in [9.17, 15) is 19.2 Å². The summed E-state index contributed by atoms with van der Waals surface area (Å²) in [6.45, 7) is 13.4. The van der Waals surface area contributed by atoms with Crippen molar-refractivity contribution in [2.75, 3.05) is 145 Å². The molecule has 0 saturated carbocycles. The molecule has 314 valence electrons. The highest BCUT2D eigenvalue weighted by molar-refractivity contribution is 5.96. The molecule has 6 heterocycles. The van der Waals surface area contributed by atoms with Gasteiger partial charge in [0, 0.05) is 52.4 Å². The molecule has 2 aromatic rings. The lowest BCUT2D eigenvalue weighted by molar-refractivity contribution is -0.0221. The van der Waals surface area contributed by atoms with E-state index in [0.29, 0.717) is 79.5 Å². The van der Waals surface area contributed by atoms with Gasteiger partial charge in [0.15, 0.2) is 0 Å². The van der Waals surface area contributed by atoms with Crippen LogP contribution in [0.25, 0.3) is 11.1 Å². The molecule has 8 rings (SSSR count). The Bertz CT molecular complexity index is 1510. The smallest absolute Gasteiger partial charge is 0.330 e. The van der Waals surface area contributed by atoms with E-state index in [4.69, 9.17) is 18.9 Å². The monoisotopic (exact) mass is 804 g/mol. The van der Waals surface area contributed by atoms with Gasteiger partial charge >= 0.3 is 24.1 Å². The highest BCUT2D eigenvalue weighted by Crippen LogP contribution is 2.25. The molecule has 18 nitrogen and oxygen atoms in total. The molecule has 8 amide bonds. The zero-order valence-corrected chi connectivity index (χ0v) is 33.3. The molecule has 6 aliphatic heterocycles. The van der Waals surface area contributed by atoms with Gasteiger partial charge in [-0.25, -0.2) is 29.0 Å². The van der Waals surface area contributed by atoms with Crippen LogP contribution in [0.15, 0.2) is 48.5 Å². The van der Waals surface area contributed by atoms with E-state index in [1.165, 1.54) is 9.80 Å². The molecule has 0 unspecified atom stereocenters. The Morgan fingerprint density at radius 1 is 0.362 bits per heavy atom. The Morgan fingerprint density at radius 2 is 0.603 bits per heavy atom. The van der Waals surface area contributed by atoms with Gasteiger partial charge in [0.05, 0.1) is 92.6 Å². The van der Waals surface area contributed by atoms with Gasteiger partial charge in [0.25, 0.3) is 0 Å². The molecule has 6 aliphatic rings. The van der Waals surface area contributed by atoms with E-state index in [-0.39, 0.29) is 50.6 Å². The number of carbonyl (C=O) groups excluding carboxylic acids is 4. The minimum absolute atomic E-state index is 0.152. The van der Waals surface area contributed by atoms with Gasteiger partial charge in [0.2, 0.25) is 0 Å². The fourth-order valence-corrected chi connectivity index (χ4v) is 8.10. The van der Waals surface area contributed by atoms with Gasteiger partial charge in [-0.3, -0.25) is 39.2 Å². The molecule has 6 fully saturated rings. The number of carbonyl (C=O) groups is 4. The topological polar surface area (TPSA) is 138 Å². The average molecular weight is 805 g/mol. The third-order valence-corrected chi connectivity index (χ3v) is 11.5. The van der Waals surface area contributed by atoms with Crippen LogP contribution in [0.4, 0.5) is 19.2 Å². The Hall–Kier alpha value is -4.40. The number of urea groups is 4. The number of benzene rings is 2. The number of hydrogen-bond donors (Lipinski definition) is 0. The highest BCUT2D eigenvalue weighted by Gasteiger charge is 2.40. The summed E-state index contributed by atoms with van der Waals surface area (Å²) in [5.74, 6) is 0. The molecule has 0 N–H and O–H groups in total. The molecular formula is C40H56N10O8. The van der Waals surface area contributed by atoms with Gasteiger partial charge in [-0.05, 0) is 22.3 Å². The molecule has 0 radical (unpaired) electrons. The van der Waals surface area contributed by atoms with Crippen molar-refractivity contribution < 1.29 is 38.1 Å². The first kappa shape index (κ1) is 40.4. The predicted octanol–water partition coefficient (Wildman–Crippen LogP) is 1.75. The lowest BCUT2D eigenvalue weighted by Gasteiger charge is -2.44. The van der Waals surface area contributed by atoms with E-state index in [1.807, 2.05) is 48.5 Å². The molecule has 18 heteroatoms. The Morgan fingerprint density at radius 3 is 0.845 bits per heavy atom. The summed E-state index contributed by atoms with van der Waals surface area (Å²) in [4.78, 5) is 73.7. The van der Waals surface area contributed by atoms with E-state index in [0.717, 1.165) is 74.6 Å². The molecule has 58 heavy (non-hydrogen) atoms. The van der Waals surface area contributed by atoms with Gasteiger partial charge in [-0.15, -0.1) is 0 Å². The maximum atomic E-state index is 13.8. The highest BCUT2D eigenvalue weighted by atomic mass is 16.5. The summed E-state index contributed by atoms with van der Waals surface area (Å²) in [6.07, 6.45) is 0. The van der Waals surface area contributed by atoms with Crippen LogP contribution in [0.5, 0.6) is 0 Å². The second-order valence-electron chi connectivity index (χ2n) is 15.6. The first-order valence-electron chi connectivity index (χ1n) is 20.5. The quantitative estimate of drug-likeness (QED) is 0.292. The van der Waals surface area contributed by atoms with Crippen LogP contribution in [-0.4, -0.2) is 218 Å². The van der Waals surface area contributed by atoms with Crippen LogP contribution in [0.2, 0.25) is 0 Å². The first-order valence-corrected chi connectivity index (χ1v) is 20.5. The van der Waals surface area contributed by atoms with Crippen molar-refractivity contribution in [3.63, 3.8) is 0 Å². The number of rotatable bonds is 13. The Kier molecular flexibility index (Phi) is 13.3. The number of morpholine rings is 4. The fraction of sp³-hybridized carbons (Fsp3) is 0.600. The SMILES string of the molecule is O=C1N(CN2CCOCC2)CN(CN2CCOCC2)C(=O)N1Cc1ccc(-c2ccc(CN3C(=O)N(CN4CCOCC4)CN(CN4CCOCC4)C3=O)cc2)cc1. The van der Waals surface area contributed by atoms with Gasteiger partial charge in [-0.2, -0.15) is 0 Å². The van der Waals surface area contributed by atoms with Crippen molar-refractivity contribution in [3.8, 4) is 11.1 Å². The third kappa shape index (κ3) is 9.89. The first-order chi connectivity index (χ1) is 28.4. The summed E-state index contributed by atoms with van der Waals surface area (Å²) in [6, 6.07) is 14.6. The average Bonchev–Trinajstić information content (AvgIpc) is 3.26. The van der Waals surface area contributed by atoms with Gasteiger partial charge in [0.1, 0.15) is 13.3 Å². The zero-order valence-electron chi connectivity index (χ0n) is 33.3. The zero-order chi connectivity index (χ0) is 39.8. The fourth-order valence-electron chi connectivity index (χ4n) is 8.10. The lowest BCUT2D eigenvalue weighted by Crippen LogP contribution is -2.64. The lowest BCUT2D eigenvalue weighted by atomic mass is 10.0. The summed E-state index contributed by atoms with van der Waals surface area (Å²) < 4.78 is 22.1. The minimum Gasteiger partial charge on any atom is -0.379 e. The second kappa shape index (κ2) is 19.1. The maximum Gasteiger partial charge on any atom is 0.330 e. The summed E-state index contributed by atoms with van der Waals surface area (Å²) in [5.41, 5.74) is 3.61. The van der Waals surface area contributed by atoms with E-state index < -0.39 is 0 Å². The molecular weight excluding hydrogens is 749 g/mol. The number of imide groups is 2. The van der Waals surface area contributed by atoms with Crippen molar-refractivity contribution >= 4 is 24.1 Å². The number of amides is 8. The van der Waals surface area contributed by atoms with Crippen molar-refractivity contribution in [1.82, 2.24) is 49.0 Å². The van der Waals surface area contributed by atoms with E-state index in [2.05, 4.69) is 19.6 Å². The van der Waals surface area contributed by atoms with Gasteiger partial charge < -0.3 is 18.9 Å². The Labute approximate surface area is 339 Å². The minimum atomic E-state index is -0.298. The number of nitrogens with zero attached hydrogens (tertiary/aromatic N) is 10. The number of ether oxygens (including phenoxy) is 4. The van der Waals surface area contributed by atoms with Crippen LogP contribution < -0.4 is 0 Å². The molecule has 0 bridgehead atoms. The molecule has 0 spiro atoms. The second-order valence-corrected chi connectivity index (χ2v) is 15.6.